The second-order valence-electron chi connectivity index (χ2n) is 5.67. The van der Waals surface area contributed by atoms with Crippen LogP contribution in [0.2, 0.25) is 0 Å². The summed E-state index contributed by atoms with van der Waals surface area (Å²) in [5, 5.41) is 9.17. The summed E-state index contributed by atoms with van der Waals surface area (Å²) in [5.74, 6) is 1.61. The first-order valence-corrected chi connectivity index (χ1v) is 9.57. The van der Waals surface area contributed by atoms with E-state index in [1.54, 1.807) is 11.8 Å². The van der Waals surface area contributed by atoms with Crippen LogP contribution in [0.25, 0.3) is 0 Å². The molecule has 7 heteroatoms. The van der Waals surface area contributed by atoms with Gasteiger partial charge < -0.3 is 5.11 Å². The molecule has 0 spiro atoms. The average Bonchev–Trinajstić information content (AvgIpc) is 2.84. The zero-order valence-electron chi connectivity index (χ0n) is 11.0. The molecule has 19 heavy (non-hydrogen) atoms. The maximum absolute atomic E-state index is 11.1. The predicted octanol–water partition coefficient (Wildman–Crippen LogP) is 1.16. The number of hydrogen-bond acceptors (Lipinski definition) is 4. The molecule has 2 rings (SSSR count). The summed E-state index contributed by atoms with van der Waals surface area (Å²) < 4.78 is 24.9. The molecule has 2 bridgehead atoms. The molecule has 2 fully saturated rings. The van der Waals surface area contributed by atoms with Gasteiger partial charge in [0.15, 0.2) is 0 Å². The van der Waals surface area contributed by atoms with Gasteiger partial charge in [0.05, 0.1) is 12.7 Å². The number of aliphatic carboxylic acids is 1. The molecule has 2 aliphatic carbocycles. The number of thioether (sulfide) groups is 1. The van der Waals surface area contributed by atoms with Gasteiger partial charge in [-0.05, 0) is 37.0 Å². The first kappa shape index (κ1) is 15.1. The maximum atomic E-state index is 11.1. The molecule has 0 aromatic carbocycles. The van der Waals surface area contributed by atoms with Crippen molar-refractivity contribution in [1.29, 1.82) is 0 Å². The monoisotopic (exact) mass is 307 g/mol. The highest BCUT2D eigenvalue weighted by molar-refractivity contribution is 7.99. The molecule has 0 aromatic heterocycles. The Morgan fingerprint density at radius 3 is 2.68 bits per heavy atom. The van der Waals surface area contributed by atoms with E-state index in [2.05, 4.69) is 4.72 Å². The molecule has 0 aromatic rings. The van der Waals surface area contributed by atoms with Gasteiger partial charge in [0, 0.05) is 17.5 Å². The van der Waals surface area contributed by atoms with Gasteiger partial charge >= 0.3 is 5.97 Å². The molecule has 0 heterocycles. The number of fused-ring (bicyclic) bond motifs is 2. The number of carboxylic acid groups (broad SMARTS) is 1. The minimum atomic E-state index is -3.11. The van der Waals surface area contributed by atoms with Crippen molar-refractivity contribution in [3.8, 4) is 0 Å². The van der Waals surface area contributed by atoms with Crippen LogP contribution in [0.1, 0.15) is 25.7 Å². The highest BCUT2D eigenvalue weighted by atomic mass is 32.2. The van der Waals surface area contributed by atoms with Crippen molar-refractivity contribution in [2.75, 3.05) is 18.6 Å². The lowest BCUT2D eigenvalue weighted by atomic mass is 9.88. The lowest BCUT2D eigenvalue weighted by molar-refractivity contribution is -0.136. The van der Waals surface area contributed by atoms with Crippen LogP contribution in [0.3, 0.4) is 0 Å². The van der Waals surface area contributed by atoms with Gasteiger partial charge in [-0.2, -0.15) is 11.8 Å². The third-order valence-corrected chi connectivity index (χ3v) is 6.25. The quantitative estimate of drug-likeness (QED) is 0.737. The van der Waals surface area contributed by atoms with Crippen molar-refractivity contribution in [3.05, 3.63) is 0 Å². The van der Waals surface area contributed by atoms with E-state index in [-0.39, 0.29) is 6.42 Å². The molecule has 110 valence electrons. The summed E-state index contributed by atoms with van der Waals surface area (Å²) in [5.41, 5.74) is 0. The Morgan fingerprint density at radius 1 is 1.37 bits per heavy atom. The summed E-state index contributed by atoms with van der Waals surface area (Å²) in [4.78, 5) is 10.5. The van der Waals surface area contributed by atoms with Crippen molar-refractivity contribution in [3.63, 3.8) is 0 Å². The lowest BCUT2D eigenvalue weighted by Gasteiger charge is -2.29. The van der Waals surface area contributed by atoms with Crippen molar-refractivity contribution < 1.29 is 18.3 Å². The Labute approximate surface area is 118 Å². The van der Waals surface area contributed by atoms with Crippen LogP contribution in [0.15, 0.2) is 0 Å². The molecule has 0 amide bonds. The Bertz CT molecular complexity index is 437. The Balaban J connectivity index is 1.80. The fraction of sp³-hybridized carbons (Fsp3) is 0.917. The molecule has 2 aliphatic rings. The number of sulfonamides is 1. The van der Waals surface area contributed by atoms with Gasteiger partial charge in [0.1, 0.15) is 0 Å². The van der Waals surface area contributed by atoms with Crippen molar-refractivity contribution >= 4 is 27.8 Å². The molecule has 0 saturated heterocycles. The van der Waals surface area contributed by atoms with Crippen molar-refractivity contribution in [2.45, 2.75) is 30.9 Å². The Hall–Kier alpha value is -0.270. The highest BCUT2D eigenvalue weighted by Gasteiger charge is 2.46. The number of carbonyl (C=O) groups is 1. The summed E-state index contributed by atoms with van der Waals surface area (Å²) in [6, 6.07) is 0. The normalized spacial score (nSPS) is 33.7. The Kier molecular flexibility index (Phi) is 4.79. The van der Waals surface area contributed by atoms with Crippen LogP contribution in [-0.2, 0) is 14.8 Å². The maximum Gasteiger partial charge on any atom is 0.304 e. The number of rotatable bonds is 7. The van der Waals surface area contributed by atoms with Crippen molar-refractivity contribution in [1.82, 2.24) is 4.72 Å². The van der Waals surface area contributed by atoms with Gasteiger partial charge in [-0.1, -0.05) is 0 Å². The van der Waals surface area contributed by atoms with E-state index in [1.165, 1.54) is 19.1 Å². The van der Waals surface area contributed by atoms with Crippen LogP contribution >= 0.6 is 11.8 Å². The molecule has 5 nitrogen and oxygen atoms in total. The SMILES string of the molecule is CS(=O)(=O)NCC1CC2CC(SCCC(=O)O)C1C2. The second-order valence-corrected chi connectivity index (χ2v) is 8.85. The third kappa shape index (κ3) is 4.36. The zero-order chi connectivity index (χ0) is 14.0. The molecule has 0 aliphatic heterocycles. The minimum absolute atomic E-state index is 0.213. The number of hydrogen-bond donors (Lipinski definition) is 2. The van der Waals surface area contributed by atoms with E-state index in [9.17, 15) is 13.2 Å². The summed E-state index contributed by atoms with van der Waals surface area (Å²) in [6.45, 7) is 0.538. The lowest BCUT2D eigenvalue weighted by Crippen LogP contribution is -2.34. The summed E-state index contributed by atoms with van der Waals surface area (Å²) >= 11 is 1.75. The smallest absolute Gasteiger partial charge is 0.304 e. The summed E-state index contributed by atoms with van der Waals surface area (Å²) in [7, 11) is -3.11. The van der Waals surface area contributed by atoms with Crippen LogP contribution in [0.5, 0.6) is 0 Å². The molecule has 2 N–H and O–H groups in total. The fourth-order valence-corrected chi connectivity index (χ4v) is 5.51. The average molecular weight is 307 g/mol. The van der Waals surface area contributed by atoms with Gasteiger partial charge in [-0.3, -0.25) is 4.79 Å². The molecule has 4 unspecified atom stereocenters. The minimum Gasteiger partial charge on any atom is -0.481 e. The van der Waals surface area contributed by atoms with Gasteiger partial charge in [0.2, 0.25) is 10.0 Å². The molecule has 0 radical (unpaired) electrons. The first-order chi connectivity index (χ1) is 8.85. The first-order valence-electron chi connectivity index (χ1n) is 6.63. The van der Waals surface area contributed by atoms with E-state index in [0.29, 0.717) is 35.3 Å². The topological polar surface area (TPSA) is 83.5 Å². The van der Waals surface area contributed by atoms with Gasteiger partial charge in [-0.25, -0.2) is 13.1 Å². The summed E-state index contributed by atoms with van der Waals surface area (Å²) in [6.07, 6.45) is 4.87. The van der Waals surface area contributed by atoms with Crippen molar-refractivity contribution in [2.24, 2.45) is 17.8 Å². The molecular weight excluding hydrogens is 286 g/mol. The third-order valence-electron chi connectivity index (χ3n) is 4.15. The van der Waals surface area contributed by atoms with Crippen LogP contribution in [0.4, 0.5) is 0 Å². The van der Waals surface area contributed by atoms with E-state index < -0.39 is 16.0 Å². The largest absolute Gasteiger partial charge is 0.481 e. The standard InChI is InChI=1S/C12H21NO4S2/c1-19(16,17)13-7-9-4-8-5-10(9)11(6-8)18-3-2-12(14)15/h8-11,13H,2-7H2,1H3,(H,14,15). The molecular formula is C12H21NO4S2. The van der Waals surface area contributed by atoms with E-state index in [1.807, 2.05) is 0 Å². The van der Waals surface area contributed by atoms with Gasteiger partial charge in [0.25, 0.3) is 0 Å². The second kappa shape index (κ2) is 6.01. The van der Waals surface area contributed by atoms with E-state index in [0.717, 1.165) is 6.42 Å². The predicted molar refractivity (Wildman–Crippen MR) is 75.7 cm³/mol. The molecule has 2 saturated carbocycles. The number of nitrogens with one attached hydrogen (secondary N) is 1. The van der Waals surface area contributed by atoms with Gasteiger partial charge in [-0.15, -0.1) is 0 Å². The van der Waals surface area contributed by atoms with E-state index in [4.69, 9.17) is 5.11 Å². The Morgan fingerprint density at radius 2 is 2.11 bits per heavy atom. The molecule has 4 atom stereocenters. The van der Waals surface area contributed by atoms with Crippen LogP contribution < -0.4 is 4.72 Å². The van der Waals surface area contributed by atoms with E-state index >= 15 is 0 Å². The van der Waals surface area contributed by atoms with Crippen LogP contribution in [-0.4, -0.2) is 43.3 Å². The zero-order valence-corrected chi connectivity index (χ0v) is 12.7. The fourth-order valence-electron chi connectivity index (χ4n) is 3.41. The van der Waals surface area contributed by atoms with Crippen LogP contribution in [0, 0.1) is 17.8 Å². The number of carboxylic acids is 1. The highest BCUT2D eigenvalue weighted by Crippen LogP contribution is 2.52.